The summed E-state index contributed by atoms with van der Waals surface area (Å²) in [6, 6.07) is 0.466. The Hall–Kier alpha value is -0.530. The van der Waals surface area contributed by atoms with E-state index in [1.54, 1.807) is 0 Å². The highest BCUT2D eigenvalue weighted by molar-refractivity contribution is 14.0. The molecule has 0 aromatic rings. The third-order valence-corrected chi connectivity index (χ3v) is 4.95. The first kappa shape index (κ1) is 21.5. The van der Waals surface area contributed by atoms with Crippen molar-refractivity contribution in [3.8, 4) is 0 Å². The van der Waals surface area contributed by atoms with Gasteiger partial charge in [-0.15, -0.1) is 24.0 Å². The average molecular weight is 450 g/mol. The lowest BCUT2D eigenvalue weighted by atomic mass is 9.78. The maximum Gasteiger partial charge on any atom is 0.220 e. The van der Waals surface area contributed by atoms with Crippen molar-refractivity contribution in [1.29, 1.82) is 0 Å². The molecule has 0 aromatic heterocycles. The summed E-state index contributed by atoms with van der Waals surface area (Å²) in [6.45, 7) is 7.65. The summed E-state index contributed by atoms with van der Waals surface area (Å²) in [5.74, 6) is 1.19. The van der Waals surface area contributed by atoms with E-state index < -0.39 is 0 Å². The maximum absolute atomic E-state index is 11.7. The molecule has 2 fully saturated rings. The molecule has 1 saturated carbocycles. The zero-order valence-electron chi connectivity index (χ0n) is 15.6. The summed E-state index contributed by atoms with van der Waals surface area (Å²) >= 11 is 0. The molecule has 2 aliphatic rings. The van der Waals surface area contributed by atoms with Gasteiger partial charge < -0.3 is 15.5 Å². The lowest BCUT2D eigenvalue weighted by Crippen LogP contribution is -2.50. The molecule has 1 saturated heterocycles. The van der Waals surface area contributed by atoms with Crippen LogP contribution >= 0.6 is 24.0 Å². The van der Waals surface area contributed by atoms with E-state index in [9.17, 15) is 4.79 Å². The molecule has 0 spiro atoms. The number of halogens is 1. The Balaban J connectivity index is 0.00000288. The second-order valence-electron chi connectivity index (χ2n) is 7.51. The molecule has 1 unspecified atom stereocenters. The first-order valence-corrected chi connectivity index (χ1v) is 9.31. The Bertz CT molecular complexity index is 421. The van der Waals surface area contributed by atoms with Gasteiger partial charge in [-0.25, -0.2) is 0 Å². The van der Waals surface area contributed by atoms with Gasteiger partial charge in [-0.05, 0) is 43.9 Å². The van der Waals surface area contributed by atoms with Crippen LogP contribution in [0, 0.1) is 5.41 Å². The molecule has 1 amide bonds. The second kappa shape index (κ2) is 10.5. The highest BCUT2D eigenvalue weighted by atomic mass is 127. The molecule has 0 aromatic carbocycles. The van der Waals surface area contributed by atoms with Crippen molar-refractivity contribution >= 4 is 35.8 Å². The van der Waals surface area contributed by atoms with Crippen LogP contribution in [0.3, 0.4) is 0 Å². The number of piperidine rings is 1. The summed E-state index contributed by atoms with van der Waals surface area (Å²) in [4.78, 5) is 18.5. The topological polar surface area (TPSA) is 56.7 Å². The van der Waals surface area contributed by atoms with E-state index in [4.69, 9.17) is 0 Å². The predicted octanol–water partition coefficient (Wildman–Crippen LogP) is 3.14. The van der Waals surface area contributed by atoms with E-state index >= 15 is 0 Å². The van der Waals surface area contributed by atoms with Crippen molar-refractivity contribution in [3.05, 3.63) is 0 Å². The summed E-state index contributed by atoms with van der Waals surface area (Å²) < 4.78 is 0. The number of aliphatic imine (C=N–C) groups is 1. The summed E-state index contributed by atoms with van der Waals surface area (Å²) in [5, 5.41) is 6.48. The summed E-state index contributed by atoms with van der Waals surface area (Å²) in [6.07, 6.45) is 8.85. The van der Waals surface area contributed by atoms with Gasteiger partial charge in [0.1, 0.15) is 0 Å². The third kappa shape index (κ3) is 7.15. The molecular formula is C18H35IN4O. The predicted molar refractivity (Wildman–Crippen MR) is 111 cm³/mol. The normalized spacial score (nSPS) is 24.3. The number of rotatable bonds is 7. The van der Waals surface area contributed by atoms with Gasteiger partial charge in [0.15, 0.2) is 5.96 Å². The van der Waals surface area contributed by atoms with Crippen LogP contribution in [0.2, 0.25) is 0 Å². The van der Waals surface area contributed by atoms with E-state index in [1.807, 2.05) is 7.05 Å². The zero-order valence-corrected chi connectivity index (χ0v) is 17.9. The minimum Gasteiger partial charge on any atom is -0.356 e. The lowest BCUT2D eigenvalue weighted by Gasteiger charge is -2.42. The van der Waals surface area contributed by atoms with Crippen LogP contribution in [0.4, 0.5) is 0 Å². The van der Waals surface area contributed by atoms with Gasteiger partial charge in [0.25, 0.3) is 0 Å². The highest BCUT2D eigenvalue weighted by Gasteiger charge is 2.31. The van der Waals surface area contributed by atoms with Crippen molar-refractivity contribution in [2.24, 2.45) is 10.4 Å². The number of carbonyl (C=O) groups excluding carboxylic acids is 1. The number of carbonyl (C=O) groups is 1. The van der Waals surface area contributed by atoms with Crippen LogP contribution in [-0.4, -0.2) is 49.5 Å². The van der Waals surface area contributed by atoms with Gasteiger partial charge in [-0.1, -0.05) is 20.3 Å². The van der Waals surface area contributed by atoms with Crippen LogP contribution < -0.4 is 10.6 Å². The van der Waals surface area contributed by atoms with E-state index in [1.165, 1.54) is 25.7 Å². The highest BCUT2D eigenvalue weighted by Crippen LogP contribution is 2.33. The fourth-order valence-electron chi connectivity index (χ4n) is 3.61. The first-order chi connectivity index (χ1) is 11.1. The van der Waals surface area contributed by atoms with Gasteiger partial charge in [0.05, 0.1) is 0 Å². The number of hydrogen-bond acceptors (Lipinski definition) is 2. The van der Waals surface area contributed by atoms with Crippen molar-refractivity contribution < 1.29 is 4.79 Å². The van der Waals surface area contributed by atoms with Gasteiger partial charge in [0.2, 0.25) is 5.91 Å². The molecule has 0 radical (unpaired) electrons. The van der Waals surface area contributed by atoms with Crippen LogP contribution in [0.5, 0.6) is 0 Å². The standard InChI is InChI=1S/C18H34N4O.HI/c1-4-10-18(2)11-6-13-22(14-18)17(19-3)20-12-5-7-16(23)21-15-8-9-15;/h15H,4-14H2,1-3H3,(H,19,20)(H,21,23);1H. The molecule has 1 aliphatic carbocycles. The lowest BCUT2D eigenvalue weighted by molar-refractivity contribution is -0.121. The van der Waals surface area contributed by atoms with E-state index in [2.05, 4.69) is 34.4 Å². The molecule has 140 valence electrons. The van der Waals surface area contributed by atoms with Gasteiger partial charge in [0, 0.05) is 39.1 Å². The van der Waals surface area contributed by atoms with Crippen LogP contribution in [0.1, 0.15) is 65.2 Å². The SMILES string of the molecule is CCCC1(C)CCCN(C(=NC)NCCCC(=O)NC2CC2)C1.I. The molecule has 1 heterocycles. The molecule has 1 atom stereocenters. The minimum absolute atomic E-state index is 0. The van der Waals surface area contributed by atoms with Gasteiger partial charge in [-0.2, -0.15) is 0 Å². The van der Waals surface area contributed by atoms with Crippen molar-refractivity contribution in [2.75, 3.05) is 26.7 Å². The molecular weight excluding hydrogens is 415 g/mol. The van der Waals surface area contributed by atoms with E-state index in [0.29, 0.717) is 17.9 Å². The molecule has 24 heavy (non-hydrogen) atoms. The Morgan fingerprint density at radius 1 is 1.38 bits per heavy atom. The fraction of sp³-hybridized carbons (Fsp3) is 0.889. The molecule has 2 rings (SSSR count). The smallest absolute Gasteiger partial charge is 0.220 e. The number of hydrogen-bond donors (Lipinski definition) is 2. The molecule has 0 bridgehead atoms. The quantitative estimate of drug-likeness (QED) is 0.271. The monoisotopic (exact) mass is 450 g/mol. The maximum atomic E-state index is 11.7. The van der Waals surface area contributed by atoms with Crippen molar-refractivity contribution in [1.82, 2.24) is 15.5 Å². The largest absolute Gasteiger partial charge is 0.356 e. The van der Waals surface area contributed by atoms with Crippen molar-refractivity contribution in [3.63, 3.8) is 0 Å². The molecule has 2 N–H and O–H groups in total. The molecule has 6 heteroatoms. The minimum atomic E-state index is 0. The second-order valence-corrected chi connectivity index (χ2v) is 7.51. The molecule has 5 nitrogen and oxygen atoms in total. The van der Waals surface area contributed by atoms with Crippen LogP contribution in [-0.2, 0) is 4.79 Å². The Labute approximate surface area is 164 Å². The van der Waals surface area contributed by atoms with Crippen LogP contribution in [0.15, 0.2) is 4.99 Å². The molecule has 1 aliphatic heterocycles. The van der Waals surface area contributed by atoms with Crippen molar-refractivity contribution in [2.45, 2.75) is 71.3 Å². The number of amides is 1. The fourth-order valence-corrected chi connectivity index (χ4v) is 3.61. The Morgan fingerprint density at radius 3 is 2.75 bits per heavy atom. The third-order valence-electron chi connectivity index (χ3n) is 4.95. The average Bonchev–Trinajstić information content (AvgIpc) is 3.31. The Kier molecular flexibility index (Phi) is 9.37. The zero-order chi connectivity index (χ0) is 16.7. The summed E-state index contributed by atoms with van der Waals surface area (Å²) in [5.41, 5.74) is 0.411. The summed E-state index contributed by atoms with van der Waals surface area (Å²) in [7, 11) is 1.86. The van der Waals surface area contributed by atoms with E-state index in [-0.39, 0.29) is 29.9 Å². The van der Waals surface area contributed by atoms with Gasteiger partial charge in [-0.3, -0.25) is 9.79 Å². The van der Waals surface area contributed by atoms with Gasteiger partial charge >= 0.3 is 0 Å². The number of guanidine groups is 1. The number of nitrogens with one attached hydrogen (secondary N) is 2. The number of nitrogens with zero attached hydrogens (tertiary/aromatic N) is 2. The van der Waals surface area contributed by atoms with E-state index in [0.717, 1.165) is 44.9 Å². The Morgan fingerprint density at radius 2 is 2.12 bits per heavy atom. The first-order valence-electron chi connectivity index (χ1n) is 9.31. The van der Waals surface area contributed by atoms with Crippen LogP contribution in [0.25, 0.3) is 0 Å². The number of likely N-dealkylation sites (tertiary alicyclic amines) is 1.